The lowest BCUT2D eigenvalue weighted by atomic mass is 10.1. The molecule has 0 spiro atoms. The van der Waals surface area contributed by atoms with Crippen LogP contribution in [0.2, 0.25) is 0 Å². The number of sulfonamides is 1. The SMILES string of the molecule is CS(=O)(=O)N1CCc2c(ncn(CC(=O)N3CCc4ccccc43)c2=O)C1. The summed E-state index contributed by atoms with van der Waals surface area (Å²) in [6.45, 7) is 0.871. The zero-order valence-electron chi connectivity index (χ0n) is 15.0. The van der Waals surface area contributed by atoms with Gasteiger partial charge < -0.3 is 4.90 Å². The van der Waals surface area contributed by atoms with Crippen molar-refractivity contribution in [2.24, 2.45) is 0 Å². The fourth-order valence-corrected chi connectivity index (χ4v) is 4.44. The lowest BCUT2D eigenvalue weighted by Gasteiger charge is -2.26. The zero-order chi connectivity index (χ0) is 19.2. The summed E-state index contributed by atoms with van der Waals surface area (Å²) in [6, 6.07) is 7.76. The number of nitrogens with zero attached hydrogens (tertiary/aromatic N) is 4. The average Bonchev–Trinajstić information content (AvgIpc) is 3.07. The number of aromatic nitrogens is 2. The lowest BCUT2D eigenvalue weighted by molar-refractivity contribution is -0.119. The highest BCUT2D eigenvalue weighted by Crippen LogP contribution is 2.27. The minimum atomic E-state index is -3.33. The third-order valence-electron chi connectivity index (χ3n) is 5.12. The Morgan fingerprint density at radius 3 is 2.74 bits per heavy atom. The second-order valence-corrected chi connectivity index (χ2v) is 8.86. The van der Waals surface area contributed by atoms with Crippen molar-refractivity contribution in [2.45, 2.75) is 25.9 Å². The van der Waals surface area contributed by atoms with E-state index in [1.807, 2.05) is 24.3 Å². The predicted molar refractivity (Wildman–Crippen MR) is 100.0 cm³/mol. The molecule has 2 aliphatic heterocycles. The molecule has 1 amide bonds. The van der Waals surface area contributed by atoms with Crippen LogP contribution in [0.1, 0.15) is 16.8 Å². The average molecular weight is 388 g/mol. The van der Waals surface area contributed by atoms with Crippen LogP contribution in [0.25, 0.3) is 0 Å². The van der Waals surface area contributed by atoms with Gasteiger partial charge in [0.2, 0.25) is 15.9 Å². The molecule has 27 heavy (non-hydrogen) atoms. The second-order valence-electron chi connectivity index (χ2n) is 6.87. The molecule has 2 aromatic rings. The van der Waals surface area contributed by atoms with Crippen LogP contribution in [0.3, 0.4) is 0 Å². The summed E-state index contributed by atoms with van der Waals surface area (Å²) >= 11 is 0. The van der Waals surface area contributed by atoms with E-state index in [2.05, 4.69) is 4.98 Å². The zero-order valence-corrected chi connectivity index (χ0v) is 15.8. The minimum Gasteiger partial charge on any atom is -0.310 e. The van der Waals surface area contributed by atoms with E-state index in [1.165, 1.54) is 15.2 Å². The highest BCUT2D eigenvalue weighted by molar-refractivity contribution is 7.88. The molecule has 0 atom stereocenters. The van der Waals surface area contributed by atoms with Gasteiger partial charge in [0.05, 0.1) is 24.8 Å². The maximum Gasteiger partial charge on any atom is 0.257 e. The van der Waals surface area contributed by atoms with Crippen LogP contribution in [0.4, 0.5) is 5.69 Å². The maximum absolute atomic E-state index is 12.8. The van der Waals surface area contributed by atoms with Gasteiger partial charge in [-0.3, -0.25) is 14.2 Å². The largest absolute Gasteiger partial charge is 0.310 e. The Morgan fingerprint density at radius 2 is 1.96 bits per heavy atom. The molecule has 0 saturated carbocycles. The number of amides is 1. The number of fused-ring (bicyclic) bond motifs is 2. The van der Waals surface area contributed by atoms with Crippen molar-refractivity contribution < 1.29 is 13.2 Å². The normalized spacial score (nSPS) is 16.9. The summed E-state index contributed by atoms with van der Waals surface area (Å²) in [4.78, 5) is 31.4. The molecule has 0 fully saturated rings. The molecule has 1 aromatic heterocycles. The van der Waals surface area contributed by atoms with Crippen molar-refractivity contribution in [1.82, 2.24) is 13.9 Å². The van der Waals surface area contributed by atoms with Gasteiger partial charge in [0.1, 0.15) is 6.54 Å². The van der Waals surface area contributed by atoms with E-state index in [1.54, 1.807) is 4.90 Å². The second kappa shape index (κ2) is 6.58. The molecule has 0 saturated heterocycles. The molecule has 0 unspecified atom stereocenters. The number of para-hydroxylation sites is 1. The monoisotopic (exact) mass is 388 g/mol. The van der Waals surface area contributed by atoms with E-state index in [0.29, 0.717) is 24.2 Å². The van der Waals surface area contributed by atoms with Crippen LogP contribution in [-0.2, 0) is 40.7 Å². The Bertz CT molecular complexity index is 1080. The van der Waals surface area contributed by atoms with Gasteiger partial charge in [-0.15, -0.1) is 0 Å². The number of carbonyl (C=O) groups excluding carboxylic acids is 1. The van der Waals surface area contributed by atoms with Crippen molar-refractivity contribution in [1.29, 1.82) is 0 Å². The number of anilines is 1. The number of carbonyl (C=O) groups is 1. The van der Waals surface area contributed by atoms with E-state index in [0.717, 1.165) is 23.9 Å². The van der Waals surface area contributed by atoms with E-state index in [9.17, 15) is 18.0 Å². The molecular weight excluding hydrogens is 368 g/mol. The maximum atomic E-state index is 12.8. The quantitative estimate of drug-likeness (QED) is 0.746. The molecule has 142 valence electrons. The summed E-state index contributed by atoms with van der Waals surface area (Å²) < 4.78 is 26.0. The van der Waals surface area contributed by atoms with Crippen LogP contribution in [0, 0.1) is 0 Å². The van der Waals surface area contributed by atoms with E-state index >= 15 is 0 Å². The van der Waals surface area contributed by atoms with Crippen molar-refractivity contribution in [3.63, 3.8) is 0 Å². The van der Waals surface area contributed by atoms with Crippen LogP contribution >= 0.6 is 0 Å². The molecule has 2 aliphatic rings. The van der Waals surface area contributed by atoms with Gasteiger partial charge >= 0.3 is 0 Å². The Kier molecular flexibility index (Phi) is 4.35. The van der Waals surface area contributed by atoms with Gasteiger partial charge in [-0.05, 0) is 24.5 Å². The van der Waals surface area contributed by atoms with Gasteiger partial charge in [-0.1, -0.05) is 18.2 Å². The molecule has 0 bridgehead atoms. The number of hydrogen-bond donors (Lipinski definition) is 0. The molecular formula is C18H20N4O4S. The Hall–Kier alpha value is -2.52. The molecule has 3 heterocycles. The molecule has 0 aliphatic carbocycles. The number of benzene rings is 1. The lowest BCUT2D eigenvalue weighted by Crippen LogP contribution is -2.41. The number of rotatable bonds is 3. The highest BCUT2D eigenvalue weighted by Gasteiger charge is 2.28. The van der Waals surface area contributed by atoms with Crippen LogP contribution in [0.15, 0.2) is 35.4 Å². The first-order valence-corrected chi connectivity index (χ1v) is 10.6. The summed E-state index contributed by atoms with van der Waals surface area (Å²) in [5, 5.41) is 0. The predicted octanol–water partition coefficient (Wildman–Crippen LogP) is 0.150. The smallest absolute Gasteiger partial charge is 0.257 e. The Morgan fingerprint density at radius 1 is 1.19 bits per heavy atom. The third kappa shape index (κ3) is 3.28. The van der Waals surface area contributed by atoms with Crippen LogP contribution < -0.4 is 10.5 Å². The Balaban J connectivity index is 1.56. The molecule has 9 heteroatoms. The standard InChI is InChI=1S/C18H20N4O4S/c1-27(25,26)21-8-7-14-15(10-21)19-12-20(18(14)24)11-17(23)22-9-6-13-4-2-3-5-16(13)22/h2-5,12H,6-11H2,1H3. The molecule has 1 aromatic carbocycles. The highest BCUT2D eigenvalue weighted by atomic mass is 32.2. The fourth-order valence-electron chi connectivity index (χ4n) is 3.66. The van der Waals surface area contributed by atoms with Gasteiger partial charge in [0.15, 0.2) is 0 Å². The van der Waals surface area contributed by atoms with Gasteiger partial charge in [0.25, 0.3) is 5.56 Å². The first kappa shape index (κ1) is 17.9. The van der Waals surface area contributed by atoms with Crippen molar-refractivity contribution >= 4 is 21.6 Å². The van der Waals surface area contributed by atoms with Gasteiger partial charge in [0, 0.05) is 24.3 Å². The topological polar surface area (TPSA) is 92.6 Å². The van der Waals surface area contributed by atoms with E-state index < -0.39 is 10.0 Å². The number of hydrogen-bond acceptors (Lipinski definition) is 5. The summed E-state index contributed by atoms with van der Waals surface area (Å²) in [7, 11) is -3.33. The van der Waals surface area contributed by atoms with Crippen molar-refractivity contribution in [3.8, 4) is 0 Å². The van der Waals surface area contributed by atoms with E-state index in [-0.39, 0.29) is 31.1 Å². The fraction of sp³-hybridized carbons (Fsp3) is 0.389. The summed E-state index contributed by atoms with van der Waals surface area (Å²) in [5.41, 5.74) is 2.71. The summed E-state index contributed by atoms with van der Waals surface area (Å²) in [6.07, 6.45) is 3.59. The van der Waals surface area contributed by atoms with Crippen LogP contribution in [0.5, 0.6) is 0 Å². The van der Waals surface area contributed by atoms with Gasteiger partial charge in [-0.2, -0.15) is 4.31 Å². The summed E-state index contributed by atoms with van der Waals surface area (Å²) in [5.74, 6) is -0.155. The van der Waals surface area contributed by atoms with Crippen LogP contribution in [-0.4, -0.2) is 47.5 Å². The molecule has 0 N–H and O–H groups in total. The minimum absolute atomic E-state index is 0.0801. The first-order valence-electron chi connectivity index (χ1n) is 8.75. The van der Waals surface area contributed by atoms with Gasteiger partial charge in [-0.25, -0.2) is 13.4 Å². The molecule has 8 nitrogen and oxygen atoms in total. The molecule has 4 rings (SSSR count). The van der Waals surface area contributed by atoms with E-state index in [4.69, 9.17) is 0 Å². The first-order chi connectivity index (χ1) is 12.8. The third-order valence-corrected chi connectivity index (χ3v) is 6.37. The van der Waals surface area contributed by atoms with Crippen molar-refractivity contribution in [2.75, 3.05) is 24.2 Å². The Labute approximate surface area is 157 Å². The molecule has 0 radical (unpaired) electrons. The van der Waals surface area contributed by atoms with Crippen molar-refractivity contribution in [3.05, 3.63) is 57.8 Å².